The van der Waals surface area contributed by atoms with Crippen LogP contribution in [0.2, 0.25) is 13.1 Å². The van der Waals surface area contributed by atoms with Gasteiger partial charge in [0.25, 0.3) is 0 Å². The molecule has 3 heterocycles. The van der Waals surface area contributed by atoms with Crippen LogP contribution in [-0.2, 0) is 24.3 Å². The Morgan fingerprint density at radius 3 is 2.11 bits per heavy atom. The third kappa shape index (κ3) is 6.02. The standard InChI is InChI=1S/C25H45N5O5Si/c1-22(2,3)32-13-15-17(34-23(4,5)6)18(35-24(7,8)9)25(33-15,36(11)12)30-14-27-16-19(30)28-21(26)29-20(16)31-10/h14-15,17-18,36H,13H2,1-12H3,(H2,26,28,29)/t15-,17-,18+,25-/m1/s1. The van der Waals surface area contributed by atoms with Gasteiger partial charge in [-0.2, -0.15) is 9.97 Å². The summed E-state index contributed by atoms with van der Waals surface area (Å²) in [5.41, 5.74) is 5.88. The van der Waals surface area contributed by atoms with Crippen molar-refractivity contribution >= 4 is 25.9 Å². The number of fused-ring (bicyclic) bond motifs is 1. The Kier molecular flexibility index (Phi) is 7.85. The maximum atomic E-state index is 7.06. The van der Waals surface area contributed by atoms with Crippen molar-refractivity contribution in [1.29, 1.82) is 0 Å². The molecule has 1 aliphatic rings. The van der Waals surface area contributed by atoms with Crippen LogP contribution >= 0.6 is 0 Å². The van der Waals surface area contributed by atoms with Gasteiger partial charge in [-0.15, -0.1) is 0 Å². The molecule has 4 atom stereocenters. The van der Waals surface area contributed by atoms with Crippen molar-refractivity contribution < 1.29 is 23.7 Å². The van der Waals surface area contributed by atoms with E-state index in [-0.39, 0.29) is 17.7 Å². The van der Waals surface area contributed by atoms with E-state index in [9.17, 15) is 0 Å². The summed E-state index contributed by atoms with van der Waals surface area (Å²) in [6, 6.07) is 0. The molecule has 36 heavy (non-hydrogen) atoms. The number of anilines is 1. The third-order valence-corrected chi connectivity index (χ3v) is 8.24. The molecule has 2 aromatic heterocycles. The van der Waals surface area contributed by atoms with E-state index in [0.29, 0.717) is 23.7 Å². The Morgan fingerprint density at radius 2 is 1.61 bits per heavy atom. The lowest BCUT2D eigenvalue weighted by molar-refractivity contribution is -0.174. The highest BCUT2D eigenvalue weighted by molar-refractivity contribution is 6.58. The average molecular weight is 524 g/mol. The van der Waals surface area contributed by atoms with Crippen molar-refractivity contribution in [2.75, 3.05) is 19.5 Å². The minimum Gasteiger partial charge on any atom is -0.479 e. The molecule has 0 saturated carbocycles. The van der Waals surface area contributed by atoms with E-state index in [4.69, 9.17) is 29.4 Å². The van der Waals surface area contributed by atoms with Gasteiger partial charge in [-0.25, -0.2) is 4.98 Å². The predicted molar refractivity (Wildman–Crippen MR) is 143 cm³/mol. The number of aromatic nitrogens is 4. The molecule has 1 saturated heterocycles. The van der Waals surface area contributed by atoms with E-state index in [0.717, 1.165) is 0 Å². The van der Waals surface area contributed by atoms with Gasteiger partial charge in [-0.05, 0) is 62.3 Å². The van der Waals surface area contributed by atoms with Crippen molar-refractivity contribution in [2.24, 2.45) is 0 Å². The SMILES string of the molecule is COc1nc(N)nc2c1ncn2[C@@]1([SiH](C)C)O[C@H](COC(C)(C)C)[C@@H](OC(C)(C)C)[C@@H]1OC(C)(C)C. The van der Waals surface area contributed by atoms with Crippen molar-refractivity contribution in [3.8, 4) is 5.88 Å². The van der Waals surface area contributed by atoms with E-state index in [1.807, 2.05) is 66.9 Å². The second-order valence-electron chi connectivity index (χ2n) is 12.7. The lowest BCUT2D eigenvalue weighted by atomic mass is 10.1. The molecular weight excluding hydrogens is 478 g/mol. The monoisotopic (exact) mass is 523 g/mol. The first-order chi connectivity index (χ1) is 16.4. The maximum Gasteiger partial charge on any atom is 0.246 e. The molecule has 0 amide bonds. The van der Waals surface area contributed by atoms with Crippen LogP contribution in [0.4, 0.5) is 5.95 Å². The molecule has 0 aliphatic carbocycles. The molecule has 2 aromatic rings. The van der Waals surface area contributed by atoms with E-state index < -0.39 is 37.6 Å². The number of nitrogen functional groups attached to an aromatic ring is 1. The van der Waals surface area contributed by atoms with Gasteiger partial charge in [-0.3, -0.25) is 4.57 Å². The van der Waals surface area contributed by atoms with Crippen LogP contribution in [0, 0.1) is 0 Å². The normalized spacial score (nSPS) is 25.8. The second kappa shape index (κ2) is 9.83. The highest BCUT2D eigenvalue weighted by Gasteiger charge is 2.61. The van der Waals surface area contributed by atoms with E-state index in [1.54, 1.807) is 6.33 Å². The molecule has 1 fully saturated rings. The zero-order valence-corrected chi connectivity index (χ0v) is 25.2. The van der Waals surface area contributed by atoms with Crippen molar-refractivity contribution in [3.63, 3.8) is 0 Å². The molecule has 2 N–H and O–H groups in total. The zero-order valence-electron chi connectivity index (χ0n) is 24.0. The van der Waals surface area contributed by atoms with Gasteiger partial charge in [0, 0.05) is 0 Å². The zero-order chi connectivity index (χ0) is 27.3. The summed E-state index contributed by atoms with van der Waals surface area (Å²) in [5, 5.41) is -0.893. The summed E-state index contributed by atoms with van der Waals surface area (Å²) < 4.78 is 34.2. The van der Waals surface area contributed by atoms with Gasteiger partial charge in [-0.1, -0.05) is 13.1 Å². The Balaban J connectivity index is 2.27. The quantitative estimate of drug-likeness (QED) is 0.543. The van der Waals surface area contributed by atoms with Gasteiger partial charge in [0.1, 0.15) is 18.3 Å². The molecule has 0 unspecified atom stereocenters. The van der Waals surface area contributed by atoms with Gasteiger partial charge in [0.05, 0.1) is 45.6 Å². The van der Waals surface area contributed by atoms with Crippen LogP contribution in [0.15, 0.2) is 6.33 Å². The van der Waals surface area contributed by atoms with Gasteiger partial charge >= 0.3 is 0 Å². The number of hydrogen-bond acceptors (Lipinski definition) is 9. The molecule has 0 aromatic carbocycles. The number of ether oxygens (including phenoxy) is 5. The van der Waals surface area contributed by atoms with Crippen molar-refractivity contribution in [3.05, 3.63) is 6.33 Å². The lowest BCUT2D eigenvalue weighted by Crippen LogP contribution is -2.58. The number of rotatable bonds is 7. The van der Waals surface area contributed by atoms with E-state index in [2.05, 4.69) is 28.0 Å². The Bertz CT molecular complexity index is 1060. The van der Waals surface area contributed by atoms with Gasteiger partial charge in [0.15, 0.2) is 16.5 Å². The second-order valence-corrected chi connectivity index (χ2v) is 15.8. The molecule has 10 nitrogen and oxygen atoms in total. The Morgan fingerprint density at radius 1 is 1.00 bits per heavy atom. The fourth-order valence-corrected chi connectivity index (χ4v) is 6.68. The summed E-state index contributed by atoms with van der Waals surface area (Å²) in [4.78, 5) is 13.4. The molecule has 11 heteroatoms. The average Bonchev–Trinajstić information content (AvgIpc) is 3.23. The number of nitrogens with zero attached hydrogens (tertiary/aromatic N) is 4. The molecule has 0 bridgehead atoms. The number of methoxy groups -OCH3 is 1. The molecule has 3 rings (SSSR count). The highest BCUT2D eigenvalue weighted by atomic mass is 28.3. The van der Waals surface area contributed by atoms with Crippen LogP contribution in [0.5, 0.6) is 5.88 Å². The first kappa shape index (κ1) is 28.8. The fraction of sp³-hybridized carbons (Fsp3) is 0.800. The molecule has 204 valence electrons. The van der Waals surface area contributed by atoms with Crippen LogP contribution in [0.3, 0.4) is 0 Å². The highest BCUT2D eigenvalue weighted by Crippen LogP contribution is 2.45. The smallest absolute Gasteiger partial charge is 0.246 e. The first-order valence-corrected chi connectivity index (χ1v) is 15.5. The minimum absolute atomic E-state index is 0.100. The first-order valence-electron chi connectivity index (χ1n) is 12.6. The maximum absolute atomic E-state index is 7.06. The van der Waals surface area contributed by atoms with Crippen molar-refractivity contribution in [1.82, 2.24) is 19.5 Å². The Labute approximate surface area is 216 Å². The lowest BCUT2D eigenvalue weighted by Gasteiger charge is -2.42. The summed E-state index contributed by atoms with van der Waals surface area (Å²) in [6.45, 7) is 23.2. The molecule has 0 spiro atoms. The topological polar surface area (TPSA) is 116 Å². The van der Waals surface area contributed by atoms with Crippen LogP contribution in [-0.4, -0.2) is 77.1 Å². The van der Waals surface area contributed by atoms with Gasteiger partial charge < -0.3 is 29.4 Å². The molecule has 0 radical (unpaired) electrons. The predicted octanol–water partition coefficient (Wildman–Crippen LogP) is 3.68. The third-order valence-electron chi connectivity index (χ3n) is 5.84. The number of nitrogens with two attached hydrogens (primary N) is 1. The number of hydrogen-bond donors (Lipinski definition) is 1. The molecular formula is C25H45N5O5Si. The van der Waals surface area contributed by atoms with Crippen LogP contribution in [0.25, 0.3) is 11.2 Å². The van der Waals surface area contributed by atoms with E-state index >= 15 is 0 Å². The minimum atomic E-state index is -1.76. The number of imidazole rings is 1. The largest absolute Gasteiger partial charge is 0.479 e. The van der Waals surface area contributed by atoms with Crippen molar-refractivity contribution in [2.45, 2.75) is 116 Å². The van der Waals surface area contributed by atoms with Crippen LogP contribution in [0.1, 0.15) is 62.3 Å². The van der Waals surface area contributed by atoms with Gasteiger partial charge in [0.2, 0.25) is 11.8 Å². The Hall–Kier alpha value is -1.79. The summed E-state index contributed by atoms with van der Waals surface area (Å²) in [6.07, 6.45) is 0.481. The summed E-state index contributed by atoms with van der Waals surface area (Å²) in [5.74, 6) is 0.418. The summed E-state index contributed by atoms with van der Waals surface area (Å²) >= 11 is 0. The van der Waals surface area contributed by atoms with Crippen LogP contribution < -0.4 is 10.5 Å². The van der Waals surface area contributed by atoms with E-state index in [1.165, 1.54) is 7.11 Å². The summed E-state index contributed by atoms with van der Waals surface area (Å²) in [7, 11) is -0.221. The fourth-order valence-electron chi connectivity index (χ4n) is 4.57. The molecule has 1 aliphatic heterocycles.